The molecule has 1 unspecified atom stereocenters. The summed E-state index contributed by atoms with van der Waals surface area (Å²) in [5.41, 5.74) is 4.73. The summed E-state index contributed by atoms with van der Waals surface area (Å²) < 4.78 is 12.5. The molecule has 0 bridgehead atoms. The van der Waals surface area contributed by atoms with Crippen LogP contribution in [0.5, 0.6) is 11.5 Å². The molecule has 0 aliphatic carbocycles. The van der Waals surface area contributed by atoms with Crippen molar-refractivity contribution in [2.24, 2.45) is 7.05 Å². The number of hydrogen-bond acceptors (Lipinski definition) is 6. The Balaban J connectivity index is 1.82. The second-order valence-electron chi connectivity index (χ2n) is 7.10. The Morgan fingerprint density at radius 2 is 1.70 bits per heavy atom. The van der Waals surface area contributed by atoms with Crippen LogP contribution in [0.2, 0.25) is 0 Å². The average molecular weight is 402 g/mol. The van der Waals surface area contributed by atoms with Crippen LogP contribution in [0.3, 0.4) is 0 Å². The Kier molecular flexibility index (Phi) is 5.18. The largest absolute Gasteiger partial charge is 0.497 e. The first-order valence-electron chi connectivity index (χ1n) is 9.47. The number of aryl methyl sites for hydroxylation is 1. The van der Waals surface area contributed by atoms with E-state index in [1.165, 1.54) is 0 Å². The molecule has 7 nitrogen and oxygen atoms in total. The molecule has 0 spiro atoms. The number of aromatic nitrogens is 4. The maximum absolute atomic E-state index is 12.6. The van der Waals surface area contributed by atoms with Crippen molar-refractivity contribution in [1.82, 2.24) is 19.7 Å². The molecule has 152 valence electrons. The molecule has 0 radical (unpaired) electrons. The van der Waals surface area contributed by atoms with Gasteiger partial charge in [0.15, 0.2) is 0 Å². The molecule has 0 aliphatic heterocycles. The topological polar surface area (TPSA) is 79.1 Å². The lowest BCUT2D eigenvalue weighted by Crippen LogP contribution is -2.11. The van der Waals surface area contributed by atoms with Crippen molar-refractivity contribution in [3.63, 3.8) is 0 Å². The van der Waals surface area contributed by atoms with E-state index in [-0.39, 0.29) is 5.78 Å². The molecular formula is C23H22N4O3. The van der Waals surface area contributed by atoms with E-state index < -0.39 is 5.92 Å². The highest BCUT2D eigenvalue weighted by atomic mass is 16.5. The Hall–Kier alpha value is -3.74. The van der Waals surface area contributed by atoms with Crippen molar-refractivity contribution in [3.8, 4) is 22.8 Å². The first kappa shape index (κ1) is 19.6. The van der Waals surface area contributed by atoms with Gasteiger partial charge in [-0.15, -0.1) is 0 Å². The van der Waals surface area contributed by atoms with Crippen molar-refractivity contribution in [1.29, 1.82) is 0 Å². The predicted molar refractivity (Wildman–Crippen MR) is 114 cm³/mol. The summed E-state index contributed by atoms with van der Waals surface area (Å²) >= 11 is 0. The van der Waals surface area contributed by atoms with Gasteiger partial charge in [0, 0.05) is 24.9 Å². The van der Waals surface area contributed by atoms with Crippen molar-refractivity contribution in [3.05, 3.63) is 66.1 Å². The first-order valence-corrected chi connectivity index (χ1v) is 9.47. The monoisotopic (exact) mass is 402 g/mol. The third-order valence-electron chi connectivity index (χ3n) is 5.01. The zero-order chi connectivity index (χ0) is 21.3. The molecule has 2 aromatic heterocycles. The van der Waals surface area contributed by atoms with Gasteiger partial charge in [-0.1, -0.05) is 6.07 Å². The summed E-state index contributed by atoms with van der Waals surface area (Å²) in [6.45, 7) is 1.58. The van der Waals surface area contributed by atoms with Crippen molar-refractivity contribution in [2.75, 3.05) is 14.2 Å². The zero-order valence-electron chi connectivity index (χ0n) is 17.3. The predicted octanol–water partition coefficient (Wildman–Crippen LogP) is 3.77. The number of nitrogens with zero attached hydrogens (tertiary/aromatic N) is 4. The second kappa shape index (κ2) is 7.94. The fourth-order valence-corrected chi connectivity index (χ4v) is 3.56. The summed E-state index contributed by atoms with van der Waals surface area (Å²) in [4.78, 5) is 21.9. The van der Waals surface area contributed by atoms with Crippen LogP contribution in [0.15, 0.2) is 55.0 Å². The van der Waals surface area contributed by atoms with Gasteiger partial charge in [-0.05, 0) is 42.3 Å². The lowest BCUT2D eigenvalue weighted by Gasteiger charge is -2.17. The van der Waals surface area contributed by atoms with Crippen LogP contribution in [0.25, 0.3) is 22.3 Å². The molecular weight excluding hydrogens is 380 g/mol. The highest BCUT2D eigenvalue weighted by Crippen LogP contribution is 2.33. The second-order valence-corrected chi connectivity index (χ2v) is 7.10. The van der Waals surface area contributed by atoms with Crippen LogP contribution in [-0.2, 0) is 11.8 Å². The van der Waals surface area contributed by atoms with Gasteiger partial charge in [0.1, 0.15) is 17.3 Å². The average Bonchev–Trinajstić information content (AvgIpc) is 3.19. The first-order chi connectivity index (χ1) is 14.5. The van der Waals surface area contributed by atoms with Gasteiger partial charge in [0.25, 0.3) is 0 Å². The van der Waals surface area contributed by atoms with E-state index >= 15 is 0 Å². The smallest absolute Gasteiger partial charge is 0.141 e. The van der Waals surface area contributed by atoms with Gasteiger partial charge in [0.2, 0.25) is 0 Å². The van der Waals surface area contributed by atoms with E-state index in [0.29, 0.717) is 11.5 Å². The quantitative estimate of drug-likeness (QED) is 0.488. The molecule has 0 saturated carbocycles. The fraction of sp³-hybridized carbons (Fsp3) is 0.217. The van der Waals surface area contributed by atoms with Gasteiger partial charge < -0.3 is 9.47 Å². The Morgan fingerprint density at radius 3 is 2.30 bits per heavy atom. The summed E-state index contributed by atoms with van der Waals surface area (Å²) in [5.74, 6) is 0.813. The van der Waals surface area contributed by atoms with Crippen LogP contribution in [0, 0.1) is 0 Å². The van der Waals surface area contributed by atoms with E-state index in [9.17, 15) is 4.79 Å². The fourth-order valence-electron chi connectivity index (χ4n) is 3.56. The van der Waals surface area contributed by atoms with Gasteiger partial charge in [-0.3, -0.25) is 14.5 Å². The highest BCUT2D eigenvalue weighted by molar-refractivity contribution is 5.89. The third-order valence-corrected chi connectivity index (χ3v) is 5.01. The van der Waals surface area contributed by atoms with Crippen LogP contribution in [0.1, 0.15) is 24.0 Å². The summed E-state index contributed by atoms with van der Waals surface area (Å²) in [5, 5.41) is 4.19. The SMILES string of the molecule is COc1cc(OC)cc(C(C(C)=O)c2ccc3ncc(-c4cnn(C)c4)nc3c2)c1. The molecule has 0 aliphatic rings. The zero-order valence-corrected chi connectivity index (χ0v) is 17.3. The number of ketones is 1. The minimum atomic E-state index is -0.470. The van der Waals surface area contributed by atoms with E-state index in [1.807, 2.05) is 43.6 Å². The maximum atomic E-state index is 12.6. The number of carbonyl (C=O) groups is 1. The highest BCUT2D eigenvalue weighted by Gasteiger charge is 2.22. The van der Waals surface area contributed by atoms with Gasteiger partial charge in [-0.2, -0.15) is 5.10 Å². The number of fused-ring (bicyclic) bond motifs is 1. The molecule has 0 N–H and O–H groups in total. The van der Waals surface area contributed by atoms with Crippen LogP contribution in [0.4, 0.5) is 0 Å². The van der Waals surface area contributed by atoms with E-state index in [4.69, 9.17) is 14.5 Å². The van der Waals surface area contributed by atoms with Crippen LogP contribution in [-0.4, -0.2) is 39.8 Å². The summed E-state index contributed by atoms with van der Waals surface area (Å²) in [7, 11) is 5.04. The molecule has 30 heavy (non-hydrogen) atoms. The molecule has 4 rings (SSSR count). The molecule has 4 aromatic rings. The lowest BCUT2D eigenvalue weighted by molar-refractivity contribution is -0.117. The number of rotatable bonds is 6. The van der Waals surface area contributed by atoms with Gasteiger partial charge >= 0.3 is 0 Å². The maximum Gasteiger partial charge on any atom is 0.141 e. The number of benzene rings is 2. The molecule has 7 heteroatoms. The standard InChI is InChI=1S/C23H22N4O3/c1-14(28)23(16-7-18(29-3)10-19(8-16)30-4)15-5-6-20-21(9-15)26-22(12-24-20)17-11-25-27(2)13-17/h5-13,23H,1-4H3. The number of Topliss-reactive ketones (excluding diaryl/α,β-unsaturated/α-hetero) is 1. The molecule has 2 aromatic carbocycles. The van der Waals surface area contributed by atoms with Gasteiger partial charge in [-0.25, -0.2) is 4.98 Å². The number of methoxy groups -OCH3 is 2. The molecule has 2 heterocycles. The summed E-state index contributed by atoms with van der Waals surface area (Å²) in [6.07, 6.45) is 5.37. The van der Waals surface area contributed by atoms with Crippen molar-refractivity contribution < 1.29 is 14.3 Å². The minimum absolute atomic E-state index is 0.0148. The van der Waals surface area contributed by atoms with Crippen molar-refractivity contribution >= 4 is 16.8 Å². The molecule has 0 fully saturated rings. The number of carbonyl (C=O) groups excluding carboxylic acids is 1. The lowest BCUT2D eigenvalue weighted by atomic mass is 9.87. The minimum Gasteiger partial charge on any atom is -0.497 e. The Bertz CT molecular complexity index is 1210. The van der Waals surface area contributed by atoms with E-state index in [2.05, 4.69) is 10.1 Å². The van der Waals surface area contributed by atoms with Crippen LogP contribution >= 0.6 is 0 Å². The Labute approximate surface area is 174 Å². The van der Waals surface area contributed by atoms with Crippen molar-refractivity contribution in [2.45, 2.75) is 12.8 Å². The number of hydrogen-bond donors (Lipinski definition) is 0. The van der Waals surface area contributed by atoms with E-state index in [0.717, 1.165) is 33.4 Å². The molecule has 0 saturated heterocycles. The Morgan fingerprint density at radius 1 is 0.967 bits per heavy atom. The van der Waals surface area contributed by atoms with Crippen LogP contribution < -0.4 is 9.47 Å². The normalized spacial score (nSPS) is 12.0. The summed E-state index contributed by atoms with van der Waals surface area (Å²) in [6, 6.07) is 11.2. The number of ether oxygens (including phenoxy) is 2. The van der Waals surface area contributed by atoms with Gasteiger partial charge in [0.05, 0.1) is 49.3 Å². The van der Waals surface area contributed by atoms with E-state index in [1.54, 1.807) is 44.3 Å². The third kappa shape index (κ3) is 3.74. The molecule has 0 amide bonds. The molecule has 1 atom stereocenters.